The minimum absolute atomic E-state index is 0.0542. The summed E-state index contributed by atoms with van der Waals surface area (Å²) in [7, 11) is 1.44. The highest BCUT2D eigenvalue weighted by atomic mass is 19.4. The maximum atomic E-state index is 12.4. The lowest BCUT2D eigenvalue weighted by Crippen LogP contribution is -2.17. The molecule has 0 aliphatic heterocycles. The summed E-state index contributed by atoms with van der Waals surface area (Å²) in [6.07, 6.45) is -3.89. The summed E-state index contributed by atoms with van der Waals surface area (Å²) in [5, 5.41) is 3.38. The van der Waals surface area contributed by atoms with Gasteiger partial charge in [-0.15, -0.1) is 0 Å². The molecule has 0 amide bonds. The summed E-state index contributed by atoms with van der Waals surface area (Å²) in [6, 6.07) is 7.97. The van der Waals surface area contributed by atoms with Gasteiger partial charge in [0.1, 0.15) is 11.4 Å². The number of hydrogen-bond donors (Lipinski definition) is 1. The Hall–Kier alpha value is -3.10. The van der Waals surface area contributed by atoms with Crippen molar-refractivity contribution in [2.75, 3.05) is 7.11 Å². The van der Waals surface area contributed by atoms with Crippen molar-refractivity contribution in [3.05, 3.63) is 59.4 Å². The van der Waals surface area contributed by atoms with Gasteiger partial charge in [0, 0.05) is 6.20 Å². The van der Waals surface area contributed by atoms with Crippen LogP contribution in [0.15, 0.2) is 47.8 Å². The lowest BCUT2D eigenvalue weighted by atomic mass is 10.2. The normalized spacial score (nSPS) is 11.9. The molecule has 0 aliphatic carbocycles. The molecular weight excluding hydrogens is 327 g/mol. The highest BCUT2D eigenvalue weighted by molar-refractivity contribution is 5.96. The quantitative estimate of drug-likeness (QED) is 0.400. The molecule has 0 fully saturated rings. The van der Waals surface area contributed by atoms with E-state index in [4.69, 9.17) is 10.5 Å². The van der Waals surface area contributed by atoms with E-state index in [-0.39, 0.29) is 17.1 Å². The molecule has 0 atom stereocenters. The first kappa shape index (κ1) is 17.3. The second-order valence-corrected chi connectivity index (χ2v) is 4.52. The Morgan fingerprint density at radius 3 is 2.58 bits per heavy atom. The van der Waals surface area contributed by atoms with E-state index < -0.39 is 17.7 Å². The number of nitrogens with two attached hydrogens (primary N) is 1. The Morgan fingerprint density at radius 1 is 1.25 bits per heavy atom. The van der Waals surface area contributed by atoms with Gasteiger partial charge in [0.2, 0.25) is 0 Å². The van der Waals surface area contributed by atoms with Crippen LogP contribution in [0.25, 0.3) is 0 Å². The number of carbonyl (C=O) groups is 1. The topological polar surface area (TPSA) is 86.8 Å². The third-order valence-electron chi connectivity index (χ3n) is 2.89. The van der Waals surface area contributed by atoms with Gasteiger partial charge in [-0.3, -0.25) is 4.98 Å². The molecule has 1 aromatic heterocycles. The minimum atomic E-state index is -4.50. The first-order valence-electron chi connectivity index (χ1n) is 6.53. The number of ether oxygens (including phenoxy) is 1. The van der Waals surface area contributed by atoms with E-state index in [9.17, 15) is 18.0 Å². The first-order valence-corrected chi connectivity index (χ1v) is 6.53. The summed E-state index contributed by atoms with van der Waals surface area (Å²) in [5.74, 6) is -0.686. The van der Waals surface area contributed by atoms with E-state index in [1.165, 1.54) is 19.2 Å². The molecule has 0 radical (unpaired) electrons. The van der Waals surface area contributed by atoms with Crippen LogP contribution in [0.5, 0.6) is 5.75 Å². The predicted molar refractivity (Wildman–Crippen MR) is 78.4 cm³/mol. The van der Waals surface area contributed by atoms with Crippen molar-refractivity contribution in [3.63, 3.8) is 0 Å². The van der Waals surface area contributed by atoms with Crippen molar-refractivity contribution < 1.29 is 27.5 Å². The molecule has 0 bridgehead atoms. The summed E-state index contributed by atoms with van der Waals surface area (Å²) >= 11 is 0. The summed E-state index contributed by atoms with van der Waals surface area (Å²) in [6.45, 7) is 0. The van der Waals surface area contributed by atoms with Crippen LogP contribution in [0.1, 0.15) is 21.6 Å². The van der Waals surface area contributed by atoms with Gasteiger partial charge in [0.05, 0.1) is 18.2 Å². The Morgan fingerprint density at radius 2 is 2.00 bits per heavy atom. The Balaban J connectivity index is 2.09. The van der Waals surface area contributed by atoms with Crippen LogP contribution in [0.2, 0.25) is 0 Å². The Bertz CT molecular complexity index is 759. The largest absolute Gasteiger partial charge is 0.497 e. The van der Waals surface area contributed by atoms with Crippen molar-refractivity contribution in [3.8, 4) is 5.75 Å². The molecule has 0 saturated heterocycles. The number of hydrogen-bond acceptors (Lipinski definition) is 5. The molecule has 0 unspecified atom stereocenters. The summed E-state index contributed by atoms with van der Waals surface area (Å²) < 4.78 is 42.3. The van der Waals surface area contributed by atoms with Crippen molar-refractivity contribution in [2.24, 2.45) is 10.9 Å². The van der Waals surface area contributed by atoms with Gasteiger partial charge in [-0.05, 0) is 30.3 Å². The standard InChI is InChI=1S/C15H12F3N3O3/c1-23-11-4-2-3-9(7-11)14(22)24-21-13(19)12-6-5-10(8-20-12)15(16,17)18/h2-8H,1H3,(H2,19,21). The SMILES string of the molecule is COc1cccc(C(=O)O/N=C(\N)c2ccc(C(F)(F)F)cn2)c1. The molecule has 1 heterocycles. The van der Waals surface area contributed by atoms with E-state index in [0.29, 0.717) is 11.9 Å². The molecule has 2 rings (SSSR count). The van der Waals surface area contributed by atoms with Crippen LogP contribution in [-0.4, -0.2) is 23.9 Å². The fourth-order valence-corrected chi connectivity index (χ4v) is 1.65. The second kappa shape index (κ2) is 6.99. The fourth-order valence-electron chi connectivity index (χ4n) is 1.65. The van der Waals surface area contributed by atoms with Gasteiger partial charge >= 0.3 is 12.1 Å². The smallest absolute Gasteiger partial charge is 0.417 e. The van der Waals surface area contributed by atoms with Crippen LogP contribution in [0, 0.1) is 0 Å². The van der Waals surface area contributed by atoms with Crippen molar-refractivity contribution in [1.29, 1.82) is 0 Å². The molecule has 24 heavy (non-hydrogen) atoms. The third-order valence-corrected chi connectivity index (χ3v) is 2.89. The summed E-state index contributed by atoms with van der Waals surface area (Å²) in [5.41, 5.74) is 4.74. The van der Waals surface area contributed by atoms with Crippen LogP contribution >= 0.6 is 0 Å². The van der Waals surface area contributed by atoms with Crippen LogP contribution < -0.4 is 10.5 Å². The monoisotopic (exact) mass is 339 g/mol. The number of carbonyl (C=O) groups excluding carboxylic acids is 1. The average Bonchev–Trinajstić information content (AvgIpc) is 2.58. The zero-order valence-corrected chi connectivity index (χ0v) is 12.4. The number of rotatable bonds is 4. The number of amidine groups is 1. The van der Waals surface area contributed by atoms with Gasteiger partial charge in [0.15, 0.2) is 5.84 Å². The zero-order valence-electron chi connectivity index (χ0n) is 12.4. The van der Waals surface area contributed by atoms with Gasteiger partial charge in [-0.1, -0.05) is 11.2 Å². The molecule has 0 spiro atoms. The highest BCUT2D eigenvalue weighted by Crippen LogP contribution is 2.28. The second-order valence-electron chi connectivity index (χ2n) is 4.52. The molecule has 9 heteroatoms. The Labute approximate surface area is 134 Å². The number of halogens is 3. The number of alkyl halides is 3. The van der Waals surface area contributed by atoms with E-state index in [0.717, 1.165) is 12.1 Å². The van der Waals surface area contributed by atoms with Crippen molar-refractivity contribution >= 4 is 11.8 Å². The lowest BCUT2D eigenvalue weighted by Gasteiger charge is -2.06. The molecule has 6 nitrogen and oxygen atoms in total. The zero-order chi connectivity index (χ0) is 17.7. The number of methoxy groups -OCH3 is 1. The van der Waals surface area contributed by atoms with Crippen molar-refractivity contribution in [2.45, 2.75) is 6.18 Å². The molecule has 1 aromatic carbocycles. The van der Waals surface area contributed by atoms with Gasteiger partial charge in [0.25, 0.3) is 0 Å². The number of benzene rings is 1. The van der Waals surface area contributed by atoms with E-state index in [1.807, 2.05) is 0 Å². The molecular formula is C15H12F3N3O3. The molecule has 2 aromatic rings. The van der Waals surface area contributed by atoms with Crippen molar-refractivity contribution in [1.82, 2.24) is 4.98 Å². The van der Waals surface area contributed by atoms with Crippen LogP contribution in [-0.2, 0) is 11.0 Å². The average molecular weight is 339 g/mol. The molecule has 126 valence electrons. The first-order chi connectivity index (χ1) is 11.3. The van der Waals surface area contributed by atoms with Gasteiger partial charge < -0.3 is 15.3 Å². The number of aromatic nitrogens is 1. The maximum Gasteiger partial charge on any atom is 0.417 e. The maximum absolute atomic E-state index is 12.4. The van der Waals surface area contributed by atoms with Crippen LogP contribution in [0.3, 0.4) is 0 Å². The van der Waals surface area contributed by atoms with E-state index in [2.05, 4.69) is 15.0 Å². The number of nitrogens with zero attached hydrogens (tertiary/aromatic N) is 2. The number of pyridine rings is 1. The van der Waals surface area contributed by atoms with Crippen LogP contribution in [0.4, 0.5) is 13.2 Å². The predicted octanol–water partition coefficient (Wildman–Crippen LogP) is 2.59. The molecule has 0 saturated carbocycles. The summed E-state index contributed by atoms with van der Waals surface area (Å²) in [4.78, 5) is 20.0. The lowest BCUT2D eigenvalue weighted by molar-refractivity contribution is -0.137. The van der Waals surface area contributed by atoms with Gasteiger partial charge in [-0.2, -0.15) is 13.2 Å². The van der Waals surface area contributed by atoms with E-state index in [1.54, 1.807) is 12.1 Å². The number of oxime groups is 1. The highest BCUT2D eigenvalue weighted by Gasteiger charge is 2.30. The molecule has 2 N–H and O–H groups in total. The molecule has 0 aliphatic rings. The minimum Gasteiger partial charge on any atom is -0.497 e. The van der Waals surface area contributed by atoms with Gasteiger partial charge in [-0.25, -0.2) is 4.79 Å². The Kier molecular flexibility index (Phi) is 5.02. The third kappa shape index (κ3) is 4.22. The van der Waals surface area contributed by atoms with E-state index >= 15 is 0 Å². The fraction of sp³-hybridized carbons (Fsp3) is 0.133.